The van der Waals surface area contributed by atoms with Crippen molar-refractivity contribution in [2.75, 3.05) is 6.61 Å². The van der Waals surface area contributed by atoms with Crippen LogP contribution in [-0.2, 0) is 23.9 Å². The van der Waals surface area contributed by atoms with Gasteiger partial charge in [-0.05, 0) is 49.7 Å². The van der Waals surface area contributed by atoms with E-state index in [0.717, 1.165) is 18.4 Å². The Labute approximate surface area is 187 Å². The second-order valence-electron chi connectivity index (χ2n) is 10.7. The zero-order valence-corrected chi connectivity index (χ0v) is 19.1. The monoisotopic (exact) mass is 441 g/mol. The molecule has 1 aliphatic heterocycles. The van der Waals surface area contributed by atoms with Crippen LogP contribution >= 0.6 is 0 Å². The molecule has 0 bridgehead atoms. The van der Waals surface area contributed by atoms with Gasteiger partial charge in [-0.25, -0.2) is 4.99 Å². The van der Waals surface area contributed by atoms with Crippen LogP contribution in [0.5, 0.6) is 0 Å². The second-order valence-corrected chi connectivity index (χ2v) is 10.7. The maximum Gasteiger partial charge on any atom is 0.303 e. The number of hydrogen-bond acceptors (Lipinski definition) is 7. The van der Waals surface area contributed by atoms with E-state index in [-0.39, 0.29) is 41.3 Å². The van der Waals surface area contributed by atoms with Crippen molar-refractivity contribution in [1.82, 2.24) is 0 Å². The van der Waals surface area contributed by atoms with Crippen LogP contribution in [0.2, 0.25) is 0 Å². The van der Waals surface area contributed by atoms with Crippen molar-refractivity contribution in [2.45, 2.75) is 71.1 Å². The van der Waals surface area contributed by atoms with Gasteiger partial charge in [0.1, 0.15) is 6.10 Å². The summed E-state index contributed by atoms with van der Waals surface area (Å²) in [5, 5.41) is 11.6. The third-order valence-electron chi connectivity index (χ3n) is 9.17. The SMILES string of the molecule is CC(=O)OCC(=O)[C@@]12N=C(C)O[C@@H]1C[C@H]1[C@@H]3CCC4=CC(=O)C=C[C@]4(C)C3[C@@H](O)C[C@@]12C. The molecule has 5 rings (SSSR count). The number of rotatable bonds is 3. The van der Waals surface area contributed by atoms with Gasteiger partial charge in [-0.3, -0.25) is 14.4 Å². The smallest absolute Gasteiger partial charge is 0.303 e. The van der Waals surface area contributed by atoms with Crippen LogP contribution in [0.4, 0.5) is 0 Å². The number of allylic oxidation sites excluding steroid dienone is 4. The maximum atomic E-state index is 13.5. The molecular weight excluding hydrogens is 410 g/mol. The molecule has 8 atom stereocenters. The van der Waals surface area contributed by atoms with Gasteiger partial charge >= 0.3 is 5.97 Å². The zero-order chi connectivity index (χ0) is 23.1. The number of aliphatic imine (C=N–C) groups is 1. The standard InChI is InChI=1S/C25H31NO6/c1-13-26-25(20(30)12-31-14(2)27)21(32-13)10-18-17-6-5-15-9-16(28)7-8-23(15,3)22(17)19(29)11-24(18,25)4/h7-9,17-19,21-22,29H,5-6,10-12H2,1-4H3/t17-,18-,19-,21+,22?,23-,24-,25+/m0/s1. The molecule has 1 N–H and O–H groups in total. The van der Waals surface area contributed by atoms with E-state index >= 15 is 0 Å². The Kier molecular flexibility index (Phi) is 4.62. The maximum absolute atomic E-state index is 13.5. The topological polar surface area (TPSA) is 102 Å². The van der Waals surface area contributed by atoms with Gasteiger partial charge in [0, 0.05) is 30.6 Å². The predicted octanol–water partition coefficient (Wildman–Crippen LogP) is 2.56. The van der Waals surface area contributed by atoms with Gasteiger partial charge in [0.2, 0.25) is 5.78 Å². The Morgan fingerprint density at radius 3 is 2.81 bits per heavy atom. The van der Waals surface area contributed by atoms with Crippen LogP contribution in [-0.4, -0.2) is 52.9 Å². The molecule has 1 unspecified atom stereocenters. The third-order valence-corrected chi connectivity index (χ3v) is 9.17. The summed E-state index contributed by atoms with van der Waals surface area (Å²) >= 11 is 0. The molecule has 5 aliphatic rings. The average molecular weight is 442 g/mol. The number of fused-ring (bicyclic) bond motifs is 7. The number of aliphatic hydroxyl groups is 1. The lowest BCUT2D eigenvalue weighted by Gasteiger charge is -2.59. The van der Waals surface area contributed by atoms with Gasteiger partial charge in [0.05, 0.1) is 6.10 Å². The van der Waals surface area contributed by atoms with Crippen LogP contribution in [0.15, 0.2) is 28.8 Å². The van der Waals surface area contributed by atoms with Crippen LogP contribution in [0.25, 0.3) is 0 Å². The van der Waals surface area contributed by atoms with E-state index in [4.69, 9.17) is 14.5 Å². The van der Waals surface area contributed by atoms with E-state index in [1.165, 1.54) is 6.92 Å². The van der Waals surface area contributed by atoms with E-state index in [0.29, 0.717) is 18.7 Å². The van der Waals surface area contributed by atoms with Crippen molar-refractivity contribution >= 4 is 23.4 Å². The Morgan fingerprint density at radius 1 is 1.34 bits per heavy atom. The highest BCUT2D eigenvalue weighted by molar-refractivity contribution is 6.01. The van der Waals surface area contributed by atoms with Crippen molar-refractivity contribution in [2.24, 2.45) is 33.6 Å². The van der Waals surface area contributed by atoms with Crippen molar-refractivity contribution in [3.8, 4) is 0 Å². The van der Waals surface area contributed by atoms with E-state index in [2.05, 4.69) is 13.8 Å². The summed E-state index contributed by atoms with van der Waals surface area (Å²) in [6, 6.07) is 0. The second kappa shape index (κ2) is 6.86. The van der Waals surface area contributed by atoms with Crippen molar-refractivity contribution < 1.29 is 29.0 Å². The minimum absolute atomic E-state index is 0.00898. The number of hydrogen-bond donors (Lipinski definition) is 1. The highest BCUT2D eigenvalue weighted by Crippen LogP contribution is 2.69. The quantitative estimate of drug-likeness (QED) is 0.676. The van der Waals surface area contributed by atoms with E-state index in [9.17, 15) is 19.5 Å². The molecule has 7 nitrogen and oxygen atoms in total. The fraction of sp³-hybridized carbons (Fsp3) is 0.680. The highest BCUT2D eigenvalue weighted by atomic mass is 16.5. The molecule has 172 valence electrons. The largest absolute Gasteiger partial charge is 0.475 e. The molecule has 0 radical (unpaired) electrons. The lowest BCUT2D eigenvalue weighted by Crippen LogP contribution is -2.62. The van der Waals surface area contributed by atoms with Crippen LogP contribution in [0, 0.1) is 28.6 Å². The molecule has 0 aromatic heterocycles. The fourth-order valence-electron chi connectivity index (χ4n) is 7.97. The normalized spacial score (nSPS) is 46.2. The highest BCUT2D eigenvalue weighted by Gasteiger charge is 2.74. The van der Waals surface area contributed by atoms with Crippen LogP contribution in [0.3, 0.4) is 0 Å². The Hall–Kier alpha value is -2.28. The summed E-state index contributed by atoms with van der Waals surface area (Å²) in [5.74, 6) is -0.0140. The lowest BCUT2D eigenvalue weighted by atomic mass is 9.46. The Balaban J connectivity index is 1.56. The summed E-state index contributed by atoms with van der Waals surface area (Å²) in [5.41, 5.74) is -1.04. The van der Waals surface area contributed by atoms with Crippen molar-refractivity contribution in [3.05, 3.63) is 23.8 Å². The molecule has 7 heteroatoms. The van der Waals surface area contributed by atoms with Crippen LogP contribution < -0.4 is 0 Å². The fourth-order valence-corrected chi connectivity index (χ4v) is 7.97. The molecule has 32 heavy (non-hydrogen) atoms. The van der Waals surface area contributed by atoms with E-state index in [1.807, 2.05) is 6.08 Å². The van der Waals surface area contributed by atoms with Gasteiger partial charge in [-0.2, -0.15) is 0 Å². The van der Waals surface area contributed by atoms with Gasteiger partial charge in [-0.15, -0.1) is 0 Å². The molecule has 0 aromatic carbocycles. The van der Waals surface area contributed by atoms with Gasteiger partial charge < -0.3 is 14.6 Å². The summed E-state index contributed by atoms with van der Waals surface area (Å²) in [7, 11) is 0. The van der Waals surface area contributed by atoms with Crippen molar-refractivity contribution in [3.63, 3.8) is 0 Å². The minimum atomic E-state index is -1.15. The van der Waals surface area contributed by atoms with Gasteiger partial charge in [0.15, 0.2) is 23.8 Å². The first-order valence-corrected chi connectivity index (χ1v) is 11.5. The Morgan fingerprint density at radius 2 is 2.09 bits per heavy atom. The first-order chi connectivity index (χ1) is 15.0. The lowest BCUT2D eigenvalue weighted by molar-refractivity contribution is -0.155. The minimum Gasteiger partial charge on any atom is -0.475 e. The number of Topliss-reactive ketones (excluding diaryl/α,β-unsaturated/α-hetero) is 1. The molecule has 3 fully saturated rings. The van der Waals surface area contributed by atoms with Crippen molar-refractivity contribution in [1.29, 1.82) is 0 Å². The number of carbonyl (C=O) groups is 3. The molecule has 4 aliphatic carbocycles. The first-order valence-electron chi connectivity index (χ1n) is 11.5. The molecule has 1 heterocycles. The molecule has 0 amide bonds. The van der Waals surface area contributed by atoms with Gasteiger partial charge in [-0.1, -0.05) is 25.5 Å². The summed E-state index contributed by atoms with van der Waals surface area (Å²) < 4.78 is 11.2. The number of nitrogens with zero attached hydrogens (tertiary/aromatic N) is 1. The van der Waals surface area contributed by atoms with Gasteiger partial charge in [0.25, 0.3) is 0 Å². The summed E-state index contributed by atoms with van der Waals surface area (Å²) in [6.07, 6.45) is 7.01. The number of carbonyl (C=O) groups excluding carboxylic acids is 3. The average Bonchev–Trinajstić information content (AvgIpc) is 3.17. The molecule has 0 aromatic rings. The van der Waals surface area contributed by atoms with E-state index < -0.39 is 29.1 Å². The number of ketones is 2. The molecule has 0 saturated heterocycles. The number of esters is 1. The molecule has 3 saturated carbocycles. The van der Waals surface area contributed by atoms with Crippen LogP contribution in [0.1, 0.15) is 53.4 Å². The molecular formula is C25H31NO6. The number of aliphatic hydroxyl groups excluding tert-OH is 1. The summed E-state index contributed by atoms with van der Waals surface area (Å²) in [4.78, 5) is 41.7. The first kappa shape index (κ1) is 21.6. The predicted molar refractivity (Wildman–Crippen MR) is 116 cm³/mol. The zero-order valence-electron chi connectivity index (χ0n) is 19.1. The third kappa shape index (κ3) is 2.63. The summed E-state index contributed by atoms with van der Waals surface area (Å²) in [6.45, 7) is 6.88. The molecule has 0 spiro atoms. The number of ether oxygens (including phenoxy) is 2. The Bertz CT molecular complexity index is 996. The van der Waals surface area contributed by atoms with E-state index in [1.54, 1.807) is 19.1 Å².